The highest BCUT2D eigenvalue weighted by molar-refractivity contribution is 5.77. The van der Waals surface area contributed by atoms with Crippen molar-refractivity contribution in [3.05, 3.63) is 0 Å². The summed E-state index contributed by atoms with van der Waals surface area (Å²) in [7, 11) is 0. The Hall–Kier alpha value is -1.26. The van der Waals surface area contributed by atoms with Crippen molar-refractivity contribution in [2.45, 2.75) is 50.6 Å². The number of carbonyl (C=O) groups is 2. The fourth-order valence-corrected chi connectivity index (χ4v) is 2.77. The van der Waals surface area contributed by atoms with Gasteiger partial charge in [0.05, 0.1) is 12.1 Å². The molecule has 1 aliphatic heterocycles. The van der Waals surface area contributed by atoms with Crippen LogP contribution in [0.1, 0.15) is 38.5 Å². The second-order valence-corrected chi connectivity index (χ2v) is 4.80. The molecule has 1 saturated heterocycles. The molecule has 2 fully saturated rings. The number of rotatable bonds is 4. The van der Waals surface area contributed by atoms with Gasteiger partial charge in [0.15, 0.2) is 0 Å². The first-order valence-corrected chi connectivity index (χ1v) is 5.94. The molecule has 90 valence electrons. The van der Waals surface area contributed by atoms with Crippen molar-refractivity contribution in [3.63, 3.8) is 0 Å². The van der Waals surface area contributed by atoms with Gasteiger partial charge in [0.1, 0.15) is 0 Å². The van der Waals surface area contributed by atoms with Crippen molar-refractivity contribution >= 4 is 12.0 Å². The van der Waals surface area contributed by atoms with E-state index in [-0.39, 0.29) is 18.5 Å². The van der Waals surface area contributed by atoms with E-state index in [1.807, 2.05) is 0 Å². The summed E-state index contributed by atoms with van der Waals surface area (Å²) in [5.74, 6) is -0.148. The van der Waals surface area contributed by atoms with Gasteiger partial charge in [-0.15, -0.1) is 0 Å². The maximum Gasteiger partial charge on any atom is 0.315 e. The highest BCUT2D eigenvalue weighted by Gasteiger charge is 2.36. The molecule has 2 aliphatic rings. The summed E-state index contributed by atoms with van der Waals surface area (Å²) in [4.78, 5) is 21.5. The van der Waals surface area contributed by atoms with Crippen LogP contribution in [-0.4, -0.2) is 29.2 Å². The van der Waals surface area contributed by atoms with Gasteiger partial charge in [-0.05, 0) is 38.0 Å². The summed E-state index contributed by atoms with van der Waals surface area (Å²) in [6, 6.07) is 0.500. The van der Waals surface area contributed by atoms with E-state index in [0.29, 0.717) is 12.0 Å². The molecule has 0 radical (unpaired) electrons. The zero-order chi connectivity index (χ0) is 11.5. The van der Waals surface area contributed by atoms with E-state index in [1.165, 1.54) is 0 Å². The van der Waals surface area contributed by atoms with Gasteiger partial charge in [0, 0.05) is 6.42 Å². The molecule has 3 unspecified atom stereocenters. The molecule has 0 spiro atoms. The number of carboxylic acids is 1. The number of hydrogen-bond donors (Lipinski definition) is 3. The van der Waals surface area contributed by atoms with Crippen LogP contribution in [0.25, 0.3) is 0 Å². The minimum atomic E-state index is -0.718. The Morgan fingerprint density at radius 1 is 1.31 bits per heavy atom. The molecule has 3 atom stereocenters. The van der Waals surface area contributed by atoms with Crippen molar-refractivity contribution < 1.29 is 14.7 Å². The number of carbonyl (C=O) groups excluding carboxylic acids is 1. The van der Waals surface area contributed by atoms with Crippen molar-refractivity contribution in [3.8, 4) is 0 Å². The van der Waals surface area contributed by atoms with Crippen LogP contribution in [0.4, 0.5) is 4.79 Å². The maximum absolute atomic E-state index is 11.1. The van der Waals surface area contributed by atoms with Gasteiger partial charge in [-0.3, -0.25) is 4.79 Å². The van der Waals surface area contributed by atoms with Crippen LogP contribution < -0.4 is 10.6 Å². The Labute approximate surface area is 94.6 Å². The molecule has 1 saturated carbocycles. The number of carboxylic acid groups (broad SMARTS) is 1. The van der Waals surface area contributed by atoms with E-state index in [4.69, 9.17) is 5.11 Å². The van der Waals surface area contributed by atoms with Crippen LogP contribution in [0.2, 0.25) is 0 Å². The average Bonchev–Trinajstić information content (AvgIpc) is 2.56. The van der Waals surface area contributed by atoms with Gasteiger partial charge < -0.3 is 15.7 Å². The van der Waals surface area contributed by atoms with Crippen molar-refractivity contribution in [2.24, 2.45) is 5.92 Å². The lowest BCUT2D eigenvalue weighted by Gasteiger charge is -2.30. The Kier molecular flexibility index (Phi) is 3.31. The largest absolute Gasteiger partial charge is 0.481 e. The smallest absolute Gasteiger partial charge is 0.315 e. The van der Waals surface area contributed by atoms with Crippen LogP contribution >= 0.6 is 0 Å². The molecule has 2 amide bonds. The minimum absolute atomic E-state index is 0.0545. The molecule has 3 N–H and O–H groups in total. The third-order valence-corrected chi connectivity index (χ3v) is 3.59. The standard InChI is InChI=1S/C11H18N2O3/c14-10(15)3-1-2-7-4-5-8-9(6-7)13-11(16)12-8/h7-9H,1-6H2,(H,14,15)(H2,12,13,16). The Balaban J connectivity index is 1.73. The normalized spacial score (nSPS) is 32.8. The number of urea groups is 1. The Morgan fingerprint density at radius 3 is 2.81 bits per heavy atom. The summed E-state index contributed by atoms with van der Waals surface area (Å²) in [5, 5.41) is 14.4. The highest BCUT2D eigenvalue weighted by atomic mass is 16.4. The van der Waals surface area contributed by atoms with Gasteiger partial charge in [0.2, 0.25) is 0 Å². The number of hydrogen-bond acceptors (Lipinski definition) is 2. The predicted molar refractivity (Wildman–Crippen MR) is 58.1 cm³/mol. The number of aliphatic carboxylic acids is 1. The van der Waals surface area contributed by atoms with Gasteiger partial charge in [-0.25, -0.2) is 4.79 Å². The van der Waals surface area contributed by atoms with E-state index in [9.17, 15) is 9.59 Å². The minimum Gasteiger partial charge on any atom is -0.481 e. The first kappa shape index (κ1) is 11.2. The Bertz CT molecular complexity index is 293. The van der Waals surface area contributed by atoms with Crippen LogP contribution in [0, 0.1) is 5.92 Å². The molecular formula is C11H18N2O3. The summed E-state index contributed by atoms with van der Waals surface area (Å²) >= 11 is 0. The molecule has 2 rings (SSSR count). The van der Waals surface area contributed by atoms with Crippen LogP contribution in [0.15, 0.2) is 0 Å². The van der Waals surface area contributed by atoms with Gasteiger partial charge in [-0.2, -0.15) is 0 Å². The van der Waals surface area contributed by atoms with Crippen LogP contribution in [-0.2, 0) is 4.79 Å². The summed E-state index contributed by atoms with van der Waals surface area (Å²) < 4.78 is 0. The number of amides is 2. The summed E-state index contributed by atoms with van der Waals surface area (Å²) in [5.41, 5.74) is 0. The Morgan fingerprint density at radius 2 is 2.06 bits per heavy atom. The third kappa shape index (κ3) is 2.65. The topological polar surface area (TPSA) is 78.4 Å². The SMILES string of the molecule is O=C(O)CCCC1CCC2NC(=O)NC2C1. The highest BCUT2D eigenvalue weighted by Crippen LogP contribution is 2.30. The first-order valence-electron chi connectivity index (χ1n) is 5.94. The van der Waals surface area contributed by atoms with E-state index in [0.717, 1.165) is 32.1 Å². The van der Waals surface area contributed by atoms with Crippen molar-refractivity contribution in [1.82, 2.24) is 10.6 Å². The molecular weight excluding hydrogens is 208 g/mol. The molecule has 5 heteroatoms. The monoisotopic (exact) mass is 226 g/mol. The van der Waals surface area contributed by atoms with E-state index >= 15 is 0 Å². The zero-order valence-corrected chi connectivity index (χ0v) is 9.24. The molecule has 1 aliphatic carbocycles. The third-order valence-electron chi connectivity index (χ3n) is 3.59. The molecule has 1 heterocycles. The fourth-order valence-electron chi connectivity index (χ4n) is 2.77. The van der Waals surface area contributed by atoms with Crippen LogP contribution in [0.3, 0.4) is 0 Å². The van der Waals surface area contributed by atoms with Crippen LogP contribution in [0.5, 0.6) is 0 Å². The lowest BCUT2D eigenvalue weighted by atomic mass is 9.81. The van der Waals surface area contributed by atoms with E-state index in [2.05, 4.69) is 10.6 Å². The summed E-state index contributed by atoms with van der Waals surface area (Å²) in [6.45, 7) is 0. The van der Waals surface area contributed by atoms with Gasteiger partial charge >= 0.3 is 12.0 Å². The molecule has 0 aromatic heterocycles. The van der Waals surface area contributed by atoms with Gasteiger partial charge in [0.25, 0.3) is 0 Å². The number of fused-ring (bicyclic) bond motifs is 1. The molecule has 5 nitrogen and oxygen atoms in total. The number of nitrogens with one attached hydrogen (secondary N) is 2. The quantitative estimate of drug-likeness (QED) is 0.671. The molecule has 0 bridgehead atoms. The van der Waals surface area contributed by atoms with Crippen molar-refractivity contribution in [2.75, 3.05) is 0 Å². The summed E-state index contributed by atoms with van der Waals surface area (Å²) in [6.07, 6.45) is 5.08. The molecule has 0 aromatic carbocycles. The van der Waals surface area contributed by atoms with Crippen molar-refractivity contribution in [1.29, 1.82) is 0 Å². The second kappa shape index (κ2) is 4.72. The zero-order valence-electron chi connectivity index (χ0n) is 9.24. The second-order valence-electron chi connectivity index (χ2n) is 4.80. The van der Waals surface area contributed by atoms with E-state index in [1.54, 1.807) is 0 Å². The molecule has 16 heavy (non-hydrogen) atoms. The molecule has 0 aromatic rings. The maximum atomic E-state index is 11.1. The first-order chi connectivity index (χ1) is 7.65. The predicted octanol–water partition coefficient (Wildman–Crippen LogP) is 1.09. The van der Waals surface area contributed by atoms with E-state index < -0.39 is 5.97 Å². The van der Waals surface area contributed by atoms with Gasteiger partial charge in [-0.1, -0.05) is 0 Å². The lowest BCUT2D eigenvalue weighted by molar-refractivity contribution is -0.137. The lowest BCUT2D eigenvalue weighted by Crippen LogP contribution is -2.39. The fraction of sp³-hybridized carbons (Fsp3) is 0.818. The average molecular weight is 226 g/mol.